The number of allylic oxidation sites excluding steroid dienone is 3. The molecule has 0 radical (unpaired) electrons. The fourth-order valence-electron chi connectivity index (χ4n) is 2.79. The van der Waals surface area contributed by atoms with E-state index in [1.165, 1.54) is 34.5 Å². The molecule has 1 aromatic carbocycles. The van der Waals surface area contributed by atoms with Gasteiger partial charge in [-0.2, -0.15) is 23.9 Å². The molecule has 1 aliphatic heterocycles. The minimum absolute atomic E-state index is 0. The van der Waals surface area contributed by atoms with Crippen LogP contribution in [0.4, 0.5) is 0 Å². The normalized spacial score (nSPS) is 10.4. The first-order valence-corrected chi connectivity index (χ1v) is 9.25. The van der Waals surface area contributed by atoms with Crippen LogP contribution in [0, 0.1) is 25.0 Å². The molecule has 2 aromatic rings. The van der Waals surface area contributed by atoms with Crippen LogP contribution in [-0.2, 0) is 0 Å². The molecular weight excluding hydrogens is 416 g/mol. The Labute approximate surface area is 210 Å². The number of hydrogen-bond acceptors (Lipinski definition) is 0. The minimum atomic E-state index is 0. The molecular formula is C25H33N2Sr-. The number of nitrogens with zero attached hydrogens (tertiary/aromatic N) is 1. The molecule has 0 amide bonds. The Hall–Kier alpha value is -1.39. The number of benzene rings is 1. The van der Waals surface area contributed by atoms with Crippen molar-refractivity contribution in [2.24, 2.45) is 0 Å². The molecule has 2 nitrogen and oxygen atoms in total. The smallest absolute Gasteiger partial charge is 0.705 e. The van der Waals surface area contributed by atoms with E-state index in [1.54, 1.807) is 6.08 Å². The van der Waals surface area contributed by atoms with Crippen molar-refractivity contribution in [1.82, 2.24) is 0 Å². The largest absolute Gasteiger partial charge is 2.00 e. The summed E-state index contributed by atoms with van der Waals surface area (Å²) in [7, 11) is 0. The van der Waals surface area contributed by atoms with Crippen LogP contribution >= 0.6 is 0 Å². The summed E-state index contributed by atoms with van der Waals surface area (Å²) >= 11 is 0. The van der Waals surface area contributed by atoms with Crippen molar-refractivity contribution in [1.29, 1.82) is 0 Å². The molecule has 1 aromatic heterocycles. The summed E-state index contributed by atoms with van der Waals surface area (Å²) in [6.45, 7) is 18.9. The quantitative estimate of drug-likeness (QED) is 0.201. The number of nitrogens with one attached hydrogen (secondary N) is 1. The summed E-state index contributed by atoms with van der Waals surface area (Å²) in [6.07, 6.45) is 7.19. The molecule has 1 N–H and O–H groups in total. The zero-order valence-electron chi connectivity index (χ0n) is 18.3. The van der Waals surface area contributed by atoms with Crippen molar-refractivity contribution < 1.29 is 4.57 Å². The molecule has 0 saturated carbocycles. The van der Waals surface area contributed by atoms with Gasteiger partial charge in [0.05, 0.1) is 11.4 Å². The molecule has 3 heteroatoms. The van der Waals surface area contributed by atoms with Gasteiger partial charge in [0.1, 0.15) is 0 Å². The summed E-state index contributed by atoms with van der Waals surface area (Å²) in [4.78, 5) is 0. The summed E-state index contributed by atoms with van der Waals surface area (Å²) < 4.78 is 2.34. The Balaban J connectivity index is 0. The summed E-state index contributed by atoms with van der Waals surface area (Å²) in [6, 6.07) is 16.5. The first kappa shape index (κ1) is 28.8. The van der Waals surface area contributed by atoms with E-state index < -0.39 is 0 Å². The summed E-state index contributed by atoms with van der Waals surface area (Å²) in [5, 5.41) is 0. The van der Waals surface area contributed by atoms with Gasteiger partial charge in [-0.1, -0.05) is 52.0 Å². The topological polar surface area (TPSA) is 27.7 Å². The van der Waals surface area contributed by atoms with Gasteiger partial charge in [0.15, 0.2) is 0 Å². The van der Waals surface area contributed by atoms with Crippen molar-refractivity contribution in [2.45, 2.75) is 41.5 Å². The fourth-order valence-corrected chi connectivity index (χ4v) is 2.79. The number of rotatable bonds is 1. The van der Waals surface area contributed by atoms with Crippen LogP contribution < -0.4 is 4.57 Å². The van der Waals surface area contributed by atoms with E-state index in [9.17, 15) is 0 Å². The van der Waals surface area contributed by atoms with Crippen molar-refractivity contribution in [3.63, 3.8) is 0 Å². The van der Waals surface area contributed by atoms with Crippen molar-refractivity contribution in [2.75, 3.05) is 0 Å². The van der Waals surface area contributed by atoms with Crippen molar-refractivity contribution in [3.05, 3.63) is 109 Å². The third-order valence-corrected chi connectivity index (χ3v) is 3.95. The molecule has 0 unspecified atom stereocenters. The number of hydrogen-bond donors (Lipinski definition) is 0. The third-order valence-electron chi connectivity index (χ3n) is 3.95. The minimum Gasteiger partial charge on any atom is -0.705 e. The van der Waals surface area contributed by atoms with E-state index >= 15 is 0 Å². The average molecular weight is 449 g/mol. The zero-order chi connectivity index (χ0) is 20.8. The molecule has 0 aliphatic carbocycles. The standard InChI is InChI=1S/C16H16N.C5H7.C2H4N.C2H6.Sr/c1-11-7-6-10-16-15-9-5-4-8-14(15)12(2)13(3)17(11)16;1-3-5-4-2;1-2-3;1-2;/h4-10H,1-3H3;3-4H,1H2,2H3;2-3H,1H2;1-2H3;/q3*-1;;+2. The molecule has 2 heterocycles. The van der Waals surface area contributed by atoms with Gasteiger partial charge in [0.25, 0.3) is 0 Å². The first-order chi connectivity index (χ1) is 13.0. The second kappa shape index (κ2) is 16.6. The predicted octanol–water partition coefficient (Wildman–Crippen LogP) is 6.68. The van der Waals surface area contributed by atoms with Crippen LogP contribution in [0.1, 0.15) is 45.9 Å². The second-order valence-electron chi connectivity index (χ2n) is 5.51. The number of aryl methyl sites for hydroxylation is 1. The van der Waals surface area contributed by atoms with Gasteiger partial charge in [-0.3, -0.25) is 6.08 Å². The molecule has 0 spiro atoms. The second-order valence-corrected chi connectivity index (χ2v) is 5.51. The third kappa shape index (κ3) is 7.92. The van der Waals surface area contributed by atoms with Crippen LogP contribution in [0.25, 0.3) is 17.0 Å². The molecule has 0 saturated heterocycles. The Morgan fingerprint density at radius 3 is 2.11 bits per heavy atom. The Morgan fingerprint density at radius 2 is 1.61 bits per heavy atom. The van der Waals surface area contributed by atoms with Gasteiger partial charge in [0.2, 0.25) is 0 Å². The van der Waals surface area contributed by atoms with Crippen LogP contribution in [0.2, 0.25) is 0 Å². The van der Waals surface area contributed by atoms with Crippen LogP contribution in [0.15, 0.2) is 74.0 Å². The van der Waals surface area contributed by atoms with Crippen LogP contribution in [-0.4, -0.2) is 45.5 Å². The van der Waals surface area contributed by atoms with Crippen LogP contribution in [0.3, 0.4) is 0 Å². The van der Waals surface area contributed by atoms with Crippen molar-refractivity contribution >= 4 is 45.5 Å². The van der Waals surface area contributed by atoms with Gasteiger partial charge >= 0.3 is 45.5 Å². The molecule has 3 rings (SSSR count). The SMILES string of the molecule is C=C[C-]=CC.C=C[NH-].CC.Cc1cccc2[n+]1[C-](C)[C-](C)c1ccccc1-2.[Sr+2]. The van der Waals surface area contributed by atoms with Crippen molar-refractivity contribution in [3.8, 4) is 11.3 Å². The molecule has 0 bridgehead atoms. The molecule has 1 aliphatic rings. The Bertz CT molecular complexity index is 735. The van der Waals surface area contributed by atoms with E-state index in [-0.39, 0.29) is 45.5 Å². The maximum Gasteiger partial charge on any atom is 2.00 e. The maximum atomic E-state index is 5.97. The fraction of sp³-hybridized carbons (Fsp3) is 0.240. The Kier molecular flexibility index (Phi) is 17.0. The summed E-state index contributed by atoms with van der Waals surface area (Å²) in [5.74, 6) is 1.37. The molecule has 146 valence electrons. The zero-order valence-corrected chi connectivity index (χ0v) is 21.8. The maximum absolute atomic E-state index is 5.97. The van der Waals surface area contributed by atoms with E-state index in [2.05, 4.69) is 87.0 Å². The molecule has 28 heavy (non-hydrogen) atoms. The average Bonchev–Trinajstić information content (AvgIpc) is 2.69. The van der Waals surface area contributed by atoms with Crippen LogP contribution in [0.5, 0.6) is 0 Å². The molecule has 0 atom stereocenters. The summed E-state index contributed by atoms with van der Waals surface area (Å²) in [5.41, 5.74) is 11.2. The van der Waals surface area contributed by atoms with E-state index in [0.29, 0.717) is 0 Å². The van der Waals surface area contributed by atoms with Gasteiger partial charge in [-0.25, -0.2) is 12.7 Å². The van der Waals surface area contributed by atoms with E-state index in [1.807, 2.05) is 26.8 Å². The molecule has 0 fully saturated rings. The van der Waals surface area contributed by atoms with E-state index in [0.717, 1.165) is 6.20 Å². The number of aromatic nitrogens is 1. The monoisotopic (exact) mass is 449 g/mol. The predicted molar refractivity (Wildman–Crippen MR) is 124 cm³/mol. The van der Waals surface area contributed by atoms with E-state index in [4.69, 9.17) is 5.73 Å². The van der Waals surface area contributed by atoms with Gasteiger partial charge in [-0.15, -0.1) is 30.2 Å². The number of pyridine rings is 1. The van der Waals surface area contributed by atoms with Gasteiger partial charge in [0, 0.05) is 6.04 Å². The first-order valence-electron chi connectivity index (χ1n) is 9.25. The Morgan fingerprint density at radius 1 is 1.04 bits per heavy atom. The van der Waals surface area contributed by atoms with Gasteiger partial charge in [-0.05, 0) is 13.8 Å². The van der Waals surface area contributed by atoms with Gasteiger partial charge < -0.3 is 10.3 Å². The number of fused-ring (bicyclic) bond motifs is 3.